The van der Waals surface area contributed by atoms with Crippen LogP contribution >= 0.6 is 15.9 Å². The molecule has 0 radical (unpaired) electrons. The van der Waals surface area contributed by atoms with Crippen molar-refractivity contribution < 1.29 is 14.7 Å². The molecule has 0 saturated heterocycles. The predicted molar refractivity (Wildman–Crippen MR) is 72.9 cm³/mol. The van der Waals surface area contributed by atoms with Gasteiger partial charge in [0, 0.05) is 16.7 Å². The topological polar surface area (TPSA) is 88.4 Å². The highest BCUT2D eigenvalue weighted by atomic mass is 79.9. The zero-order valence-corrected chi connectivity index (χ0v) is 12.0. The molecule has 1 unspecified atom stereocenters. The summed E-state index contributed by atoms with van der Waals surface area (Å²) in [7, 11) is 0. The Bertz CT molecular complexity index is 527. The van der Waals surface area contributed by atoms with Gasteiger partial charge >= 0.3 is 5.97 Å². The van der Waals surface area contributed by atoms with Gasteiger partial charge in [0.2, 0.25) is 5.91 Å². The molecule has 1 amide bonds. The number of rotatable bonds is 6. The van der Waals surface area contributed by atoms with Crippen LogP contribution in [0.1, 0.15) is 19.8 Å². The van der Waals surface area contributed by atoms with Crippen LogP contribution in [0.25, 0.3) is 0 Å². The molecular formula is C12H15BrN2O4. The van der Waals surface area contributed by atoms with Crippen molar-refractivity contribution in [2.75, 3.05) is 0 Å². The Morgan fingerprint density at radius 1 is 1.47 bits per heavy atom. The summed E-state index contributed by atoms with van der Waals surface area (Å²) in [5, 5.41) is 11.3. The number of nitrogens with one attached hydrogen (secondary N) is 1. The Hall–Kier alpha value is -1.63. The normalized spacial score (nSPS) is 11.9. The summed E-state index contributed by atoms with van der Waals surface area (Å²) in [6.45, 7) is 1.63. The lowest BCUT2D eigenvalue weighted by Gasteiger charge is -2.14. The van der Waals surface area contributed by atoms with Gasteiger partial charge in [-0.1, -0.05) is 13.3 Å². The molecule has 104 valence electrons. The average molecular weight is 331 g/mol. The Morgan fingerprint density at radius 3 is 2.74 bits per heavy atom. The van der Waals surface area contributed by atoms with E-state index in [1.54, 1.807) is 6.07 Å². The minimum Gasteiger partial charge on any atom is -0.480 e. The molecular weight excluding hydrogens is 316 g/mol. The Labute approximate surface area is 118 Å². The first-order chi connectivity index (χ1) is 8.93. The first kappa shape index (κ1) is 15.4. The van der Waals surface area contributed by atoms with Gasteiger partial charge in [-0.3, -0.25) is 9.59 Å². The summed E-state index contributed by atoms with van der Waals surface area (Å²) in [5.74, 6) is -1.57. The number of carboxylic acid groups (broad SMARTS) is 1. The number of nitrogens with zero attached hydrogens (tertiary/aromatic N) is 1. The van der Waals surface area contributed by atoms with E-state index in [2.05, 4.69) is 21.2 Å². The van der Waals surface area contributed by atoms with Gasteiger partial charge in [-0.2, -0.15) is 0 Å². The van der Waals surface area contributed by atoms with Gasteiger partial charge in [0.25, 0.3) is 5.56 Å². The van der Waals surface area contributed by atoms with E-state index in [4.69, 9.17) is 5.11 Å². The lowest BCUT2D eigenvalue weighted by Crippen LogP contribution is -2.43. The number of aliphatic carboxylic acids is 1. The molecule has 0 fully saturated rings. The molecule has 0 aliphatic heterocycles. The maximum Gasteiger partial charge on any atom is 0.326 e. The number of carbonyl (C=O) groups excluding carboxylic acids is 1. The van der Waals surface area contributed by atoms with Gasteiger partial charge in [0.1, 0.15) is 12.6 Å². The van der Waals surface area contributed by atoms with Crippen LogP contribution in [-0.4, -0.2) is 27.6 Å². The fraction of sp³-hybridized carbons (Fsp3) is 0.417. The molecule has 2 N–H and O–H groups in total. The summed E-state index contributed by atoms with van der Waals surface area (Å²) in [5.41, 5.74) is -0.319. The number of halogens is 1. The van der Waals surface area contributed by atoms with Crippen LogP contribution < -0.4 is 10.9 Å². The van der Waals surface area contributed by atoms with Crippen molar-refractivity contribution in [1.29, 1.82) is 0 Å². The average Bonchev–Trinajstić information content (AvgIpc) is 2.33. The van der Waals surface area contributed by atoms with Crippen LogP contribution in [0.15, 0.2) is 27.6 Å². The first-order valence-electron chi connectivity index (χ1n) is 5.82. The van der Waals surface area contributed by atoms with Gasteiger partial charge in [-0.05, 0) is 28.4 Å². The molecule has 0 aromatic carbocycles. The lowest BCUT2D eigenvalue weighted by atomic mass is 10.1. The van der Waals surface area contributed by atoms with Crippen LogP contribution in [0, 0.1) is 0 Å². The number of carboxylic acids is 1. The lowest BCUT2D eigenvalue weighted by molar-refractivity contribution is -0.142. The van der Waals surface area contributed by atoms with Crippen molar-refractivity contribution in [1.82, 2.24) is 9.88 Å². The van der Waals surface area contributed by atoms with Crippen LogP contribution in [0.2, 0.25) is 0 Å². The van der Waals surface area contributed by atoms with Gasteiger partial charge in [-0.25, -0.2) is 4.79 Å². The molecule has 1 atom stereocenters. The standard InChI is InChI=1S/C12H15BrN2O4/c1-2-3-9(12(18)19)14-10(16)7-15-6-8(13)4-5-11(15)17/h4-6,9H,2-3,7H2,1H3,(H,14,16)(H,18,19). The molecule has 6 nitrogen and oxygen atoms in total. The fourth-order valence-corrected chi connectivity index (χ4v) is 1.95. The van der Waals surface area contributed by atoms with Crippen LogP contribution in [0.4, 0.5) is 0 Å². The highest BCUT2D eigenvalue weighted by Gasteiger charge is 2.18. The molecule has 0 aliphatic rings. The molecule has 1 aromatic heterocycles. The van der Waals surface area contributed by atoms with Crippen molar-refractivity contribution in [3.63, 3.8) is 0 Å². The zero-order valence-electron chi connectivity index (χ0n) is 10.4. The van der Waals surface area contributed by atoms with Gasteiger partial charge in [0.15, 0.2) is 0 Å². The number of aromatic nitrogens is 1. The van der Waals surface area contributed by atoms with Crippen molar-refractivity contribution in [2.45, 2.75) is 32.4 Å². The van der Waals surface area contributed by atoms with E-state index < -0.39 is 17.9 Å². The smallest absolute Gasteiger partial charge is 0.326 e. The molecule has 0 spiro atoms. The third-order valence-corrected chi connectivity index (χ3v) is 2.94. The second-order valence-corrected chi connectivity index (χ2v) is 4.98. The SMILES string of the molecule is CCCC(NC(=O)Cn1cc(Br)ccc1=O)C(=O)O. The van der Waals surface area contributed by atoms with Gasteiger partial charge in [0.05, 0.1) is 0 Å². The summed E-state index contributed by atoms with van der Waals surface area (Å²) in [4.78, 5) is 34.1. The van der Waals surface area contributed by atoms with E-state index in [0.717, 1.165) is 0 Å². The largest absolute Gasteiger partial charge is 0.480 e. The van der Waals surface area contributed by atoms with Crippen molar-refractivity contribution >= 4 is 27.8 Å². The van der Waals surface area contributed by atoms with Crippen LogP contribution in [0.5, 0.6) is 0 Å². The molecule has 19 heavy (non-hydrogen) atoms. The fourth-order valence-electron chi connectivity index (χ4n) is 1.57. The maximum absolute atomic E-state index is 11.7. The van der Waals surface area contributed by atoms with Crippen molar-refractivity contribution in [3.8, 4) is 0 Å². The monoisotopic (exact) mass is 330 g/mol. The van der Waals surface area contributed by atoms with Crippen molar-refractivity contribution in [2.24, 2.45) is 0 Å². The summed E-state index contributed by atoms with van der Waals surface area (Å²) >= 11 is 3.20. The minimum atomic E-state index is -1.07. The van der Waals surface area contributed by atoms with Gasteiger partial charge < -0.3 is 15.0 Å². The molecule has 0 aliphatic carbocycles. The van der Waals surface area contributed by atoms with E-state index in [1.165, 1.54) is 16.8 Å². The highest BCUT2D eigenvalue weighted by Crippen LogP contribution is 2.04. The van der Waals surface area contributed by atoms with Gasteiger partial charge in [-0.15, -0.1) is 0 Å². The van der Waals surface area contributed by atoms with E-state index in [1.807, 2.05) is 6.92 Å². The second-order valence-electron chi connectivity index (χ2n) is 4.06. The van der Waals surface area contributed by atoms with Crippen LogP contribution in [0.3, 0.4) is 0 Å². The quantitative estimate of drug-likeness (QED) is 0.813. The van der Waals surface area contributed by atoms with Crippen molar-refractivity contribution in [3.05, 3.63) is 33.2 Å². The first-order valence-corrected chi connectivity index (χ1v) is 6.61. The number of carbonyl (C=O) groups is 2. The Kier molecular flexibility index (Phi) is 5.75. The summed E-state index contributed by atoms with van der Waals surface area (Å²) < 4.78 is 1.88. The molecule has 0 saturated carbocycles. The molecule has 1 heterocycles. The molecule has 1 rings (SSSR count). The van der Waals surface area contributed by atoms with E-state index in [-0.39, 0.29) is 12.1 Å². The highest BCUT2D eigenvalue weighted by molar-refractivity contribution is 9.10. The third kappa shape index (κ3) is 4.86. The number of hydrogen-bond donors (Lipinski definition) is 2. The van der Waals surface area contributed by atoms with Crippen LogP contribution in [-0.2, 0) is 16.1 Å². The second kappa shape index (κ2) is 7.08. The molecule has 1 aromatic rings. The van der Waals surface area contributed by atoms with E-state index in [0.29, 0.717) is 17.3 Å². The van der Waals surface area contributed by atoms with E-state index in [9.17, 15) is 14.4 Å². The Balaban J connectivity index is 2.71. The predicted octanol–water partition coefficient (Wildman–Crippen LogP) is 0.980. The molecule has 0 bridgehead atoms. The zero-order chi connectivity index (χ0) is 14.4. The third-order valence-electron chi connectivity index (χ3n) is 2.47. The maximum atomic E-state index is 11.7. The minimum absolute atomic E-state index is 0.203. The Morgan fingerprint density at radius 2 is 2.16 bits per heavy atom. The number of pyridine rings is 1. The number of hydrogen-bond acceptors (Lipinski definition) is 3. The number of amides is 1. The van der Waals surface area contributed by atoms with E-state index >= 15 is 0 Å². The summed E-state index contributed by atoms with van der Waals surface area (Å²) in [6, 6.07) is 1.99. The molecule has 7 heteroatoms. The summed E-state index contributed by atoms with van der Waals surface area (Å²) in [6.07, 6.45) is 2.49.